The molecule has 1 atom stereocenters. The molecule has 1 aromatic rings. The van der Waals surface area contributed by atoms with E-state index in [9.17, 15) is 19.5 Å². The van der Waals surface area contributed by atoms with E-state index >= 15 is 0 Å². The van der Waals surface area contributed by atoms with Crippen molar-refractivity contribution in [2.75, 3.05) is 27.4 Å². The summed E-state index contributed by atoms with van der Waals surface area (Å²) < 4.78 is 10.2. The van der Waals surface area contributed by atoms with Crippen molar-refractivity contribution in [2.45, 2.75) is 45.1 Å². The number of ketones is 2. The van der Waals surface area contributed by atoms with Crippen LogP contribution in [0.4, 0.5) is 0 Å². The quantitative estimate of drug-likeness (QED) is 0.639. The second-order valence-corrected chi connectivity index (χ2v) is 7.89. The van der Waals surface area contributed by atoms with E-state index in [0.717, 1.165) is 24.0 Å². The number of aliphatic hydroxyl groups excluding tert-OH is 1. The number of Topliss-reactive ketones (excluding diaryl/α,β-unsaturated/α-hetero) is 2. The molecule has 3 rings (SSSR count). The number of nitrogens with zero attached hydrogens (tertiary/aromatic N) is 1. The Balaban J connectivity index is 1.64. The second-order valence-electron chi connectivity index (χ2n) is 7.89. The van der Waals surface area contributed by atoms with E-state index in [4.69, 9.17) is 9.47 Å². The Kier molecular flexibility index (Phi) is 7.28. The highest BCUT2D eigenvalue weighted by molar-refractivity contribution is 6.23. The summed E-state index contributed by atoms with van der Waals surface area (Å²) in [5.41, 5.74) is 2.67. The lowest BCUT2D eigenvalue weighted by Crippen LogP contribution is -2.37. The molecule has 0 bridgehead atoms. The second kappa shape index (κ2) is 9.92. The van der Waals surface area contributed by atoms with E-state index in [1.54, 1.807) is 11.8 Å². The highest BCUT2D eigenvalue weighted by Gasteiger charge is 2.34. The molecule has 0 saturated carbocycles. The van der Waals surface area contributed by atoms with E-state index in [-0.39, 0.29) is 41.6 Å². The molecule has 2 aliphatic rings. The van der Waals surface area contributed by atoms with Gasteiger partial charge < -0.3 is 19.5 Å². The van der Waals surface area contributed by atoms with Crippen molar-refractivity contribution in [2.24, 2.45) is 0 Å². The van der Waals surface area contributed by atoms with Gasteiger partial charge >= 0.3 is 0 Å². The lowest BCUT2D eigenvalue weighted by molar-refractivity contribution is -0.132. The average Bonchev–Trinajstić information content (AvgIpc) is 3.27. The SMILES string of the molecule is COC1=C(OC)C(=O)C(Cc2ccc(CCC(=O)N3CCC[C@@H]3CO)cc2)=C(C)C1=O. The van der Waals surface area contributed by atoms with Crippen molar-refractivity contribution >= 4 is 17.5 Å². The molecule has 7 nitrogen and oxygen atoms in total. The van der Waals surface area contributed by atoms with Gasteiger partial charge in [0.2, 0.25) is 29.0 Å². The van der Waals surface area contributed by atoms with Crippen LogP contribution in [-0.2, 0) is 36.7 Å². The normalized spacial score (nSPS) is 19.4. The zero-order valence-electron chi connectivity index (χ0n) is 18.3. The van der Waals surface area contributed by atoms with Crippen LogP contribution in [0.5, 0.6) is 0 Å². The minimum atomic E-state index is -0.341. The molecule has 0 spiro atoms. The fourth-order valence-electron chi connectivity index (χ4n) is 4.18. The number of methoxy groups -OCH3 is 2. The van der Waals surface area contributed by atoms with E-state index in [1.807, 2.05) is 24.3 Å². The number of likely N-dealkylation sites (tertiary alicyclic amines) is 1. The molecular weight excluding hydrogens is 398 g/mol. The summed E-state index contributed by atoms with van der Waals surface area (Å²) in [7, 11) is 2.69. The van der Waals surface area contributed by atoms with Crippen LogP contribution in [0, 0.1) is 0 Å². The van der Waals surface area contributed by atoms with Gasteiger partial charge in [-0.3, -0.25) is 14.4 Å². The number of carbonyl (C=O) groups excluding carboxylic acids is 3. The van der Waals surface area contributed by atoms with Crippen LogP contribution in [0.25, 0.3) is 0 Å². The fourth-order valence-corrected chi connectivity index (χ4v) is 4.18. The Labute approximate surface area is 182 Å². The van der Waals surface area contributed by atoms with Crippen LogP contribution in [0.2, 0.25) is 0 Å². The smallest absolute Gasteiger partial charge is 0.228 e. The molecular formula is C24H29NO6. The molecule has 0 radical (unpaired) electrons. The van der Waals surface area contributed by atoms with Crippen LogP contribution in [0.15, 0.2) is 46.9 Å². The average molecular weight is 427 g/mol. The molecule has 1 heterocycles. The summed E-state index contributed by atoms with van der Waals surface area (Å²) in [6.07, 6.45) is 3.12. The Morgan fingerprint density at radius 2 is 1.68 bits per heavy atom. The lowest BCUT2D eigenvalue weighted by atomic mass is 9.88. The molecule has 166 valence electrons. The van der Waals surface area contributed by atoms with Gasteiger partial charge in [0.05, 0.1) is 26.9 Å². The lowest BCUT2D eigenvalue weighted by Gasteiger charge is -2.23. The first-order valence-corrected chi connectivity index (χ1v) is 10.5. The molecule has 1 N–H and O–H groups in total. The summed E-state index contributed by atoms with van der Waals surface area (Å²) in [4.78, 5) is 39.5. The van der Waals surface area contributed by atoms with Gasteiger partial charge in [0, 0.05) is 30.5 Å². The van der Waals surface area contributed by atoms with Crippen molar-refractivity contribution in [1.82, 2.24) is 4.90 Å². The maximum absolute atomic E-state index is 12.8. The number of aliphatic hydroxyl groups is 1. The molecule has 1 aliphatic carbocycles. The number of amides is 1. The molecule has 1 aliphatic heterocycles. The monoisotopic (exact) mass is 427 g/mol. The topological polar surface area (TPSA) is 93.1 Å². The van der Waals surface area contributed by atoms with Crippen LogP contribution in [0.3, 0.4) is 0 Å². The van der Waals surface area contributed by atoms with Gasteiger partial charge in [0.15, 0.2) is 0 Å². The first kappa shape index (κ1) is 22.7. The third kappa shape index (κ3) is 4.71. The number of hydrogen-bond acceptors (Lipinski definition) is 6. The van der Waals surface area contributed by atoms with Gasteiger partial charge in [0.25, 0.3) is 0 Å². The zero-order chi connectivity index (χ0) is 22.5. The summed E-state index contributed by atoms with van der Waals surface area (Å²) >= 11 is 0. The van der Waals surface area contributed by atoms with Gasteiger partial charge in [-0.05, 0) is 37.3 Å². The highest BCUT2D eigenvalue weighted by atomic mass is 16.5. The number of allylic oxidation sites excluding steroid dienone is 2. The highest BCUT2D eigenvalue weighted by Crippen LogP contribution is 2.28. The summed E-state index contributed by atoms with van der Waals surface area (Å²) in [5, 5.41) is 9.39. The molecule has 1 amide bonds. The Morgan fingerprint density at radius 3 is 2.29 bits per heavy atom. The first-order chi connectivity index (χ1) is 14.9. The zero-order valence-corrected chi connectivity index (χ0v) is 18.3. The number of carbonyl (C=O) groups is 3. The van der Waals surface area contributed by atoms with Gasteiger partial charge in [-0.25, -0.2) is 0 Å². The van der Waals surface area contributed by atoms with Crippen LogP contribution < -0.4 is 0 Å². The van der Waals surface area contributed by atoms with Crippen LogP contribution in [0.1, 0.15) is 37.3 Å². The first-order valence-electron chi connectivity index (χ1n) is 10.5. The molecule has 1 aromatic carbocycles. The standard InChI is InChI=1S/C24H29NO6/c1-15-19(22(29)24(31-3)23(30-2)21(15)28)13-17-8-6-16(7-9-17)10-11-20(27)25-12-4-5-18(25)14-26/h6-9,18,26H,4-5,10-14H2,1-3H3/t18-/m1/s1. The molecule has 0 unspecified atom stereocenters. The summed E-state index contributed by atoms with van der Waals surface area (Å²) in [6.45, 7) is 2.36. The molecule has 0 aromatic heterocycles. The molecule has 1 fully saturated rings. The molecule has 7 heteroatoms. The minimum Gasteiger partial charge on any atom is -0.489 e. The van der Waals surface area contributed by atoms with Gasteiger partial charge in [0.1, 0.15) is 0 Å². The van der Waals surface area contributed by atoms with Crippen molar-refractivity contribution in [3.05, 3.63) is 58.1 Å². The number of ether oxygens (including phenoxy) is 2. The summed E-state index contributed by atoms with van der Waals surface area (Å²) in [6, 6.07) is 7.65. The summed E-state index contributed by atoms with van der Waals surface area (Å²) in [5.74, 6) is -0.732. The number of benzene rings is 1. The maximum atomic E-state index is 12.8. The van der Waals surface area contributed by atoms with Gasteiger partial charge in [-0.2, -0.15) is 0 Å². The van der Waals surface area contributed by atoms with Gasteiger partial charge in [-0.15, -0.1) is 0 Å². The predicted octanol–water partition coefficient (Wildman–Crippen LogP) is 2.12. The maximum Gasteiger partial charge on any atom is 0.228 e. The number of rotatable bonds is 8. The van der Waals surface area contributed by atoms with Crippen LogP contribution >= 0.6 is 0 Å². The number of aryl methyl sites for hydroxylation is 1. The fraction of sp³-hybridized carbons (Fsp3) is 0.458. The van der Waals surface area contributed by atoms with E-state index in [0.29, 0.717) is 37.0 Å². The van der Waals surface area contributed by atoms with Gasteiger partial charge in [-0.1, -0.05) is 24.3 Å². The Bertz CT molecular complexity index is 928. The molecule has 1 saturated heterocycles. The third-order valence-corrected chi connectivity index (χ3v) is 6.03. The Morgan fingerprint density at radius 1 is 1.06 bits per heavy atom. The Hall–Kier alpha value is -2.93. The van der Waals surface area contributed by atoms with E-state index < -0.39 is 0 Å². The van der Waals surface area contributed by atoms with E-state index in [1.165, 1.54) is 14.2 Å². The van der Waals surface area contributed by atoms with Crippen molar-refractivity contribution in [1.29, 1.82) is 0 Å². The molecule has 31 heavy (non-hydrogen) atoms. The predicted molar refractivity (Wildman–Crippen MR) is 114 cm³/mol. The number of hydrogen-bond donors (Lipinski definition) is 1. The minimum absolute atomic E-state index is 0.0166. The van der Waals surface area contributed by atoms with Crippen LogP contribution in [-0.4, -0.2) is 60.9 Å². The van der Waals surface area contributed by atoms with Crippen molar-refractivity contribution < 1.29 is 29.0 Å². The largest absolute Gasteiger partial charge is 0.489 e. The third-order valence-electron chi connectivity index (χ3n) is 6.03. The van der Waals surface area contributed by atoms with E-state index in [2.05, 4.69) is 0 Å². The van der Waals surface area contributed by atoms with Crippen molar-refractivity contribution in [3.8, 4) is 0 Å². The van der Waals surface area contributed by atoms with Crippen molar-refractivity contribution in [3.63, 3.8) is 0 Å².